The number of hydrogen-bond donors (Lipinski definition) is 2. The molecule has 4 nitrogen and oxygen atoms in total. The van der Waals surface area contributed by atoms with Crippen molar-refractivity contribution in [1.82, 2.24) is 5.32 Å². The topological polar surface area (TPSA) is 64.3 Å². The molecular weight excluding hydrogens is 228 g/mol. The van der Waals surface area contributed by atoms with Crippen LogP contribution in [0.15, 0.2) is 24.3 Å². The molecule has 1 aromatic rings. The zero-order valence-corrected chi connectivity index (χ0v) is 10.8. The molecule has 0 radical (unpaired) electrons. The van der Waals surface area contributed by atoms with Gasteiger partial charge in [-0.3, -0.25) is 4.79 Å². The number of fused-ring (bicyclic) bond motifs is 1. The van der Waals surface area contributed by atoms with Gasteiger partial charge in [0.05, 0.1) is 6.04 Å². The van der Waals surface area contributed by atoms with Crippen molar-refractivity contribution in [1.29, 1.82) is 0 Å². The molecule has 0 fully saturated rings. The van der Waals surface area contributed by atoms with E-state index in [-0.39, 0.29) is 24.0 Å². The van der Waals surface area contributed by atoms with Crippen molar-refractivity contribution in [3.05, 3.63) is 29.8 Å². The van der Waals surface area contributed by atoms with Gasteiger partial charge in [-0.25, -0.2) is 0 Å². The Kier molecular flexibility index (Phi) is 3.87. The Morgan fingerprint density at radius 3 is 2.83 bits per heavy atom. The fourth-order valence-corrected chi connectivity index (χ4v) is 2.29. The fraction of sp³-hybridized carbons (Fsp3) is 0.500. The Morgan fingerprint density at radius 2 is 2.22 bits per heavy atom. The third-order valence-corrected chi connectivity index (χ3v) is 3.25. The van der Waals surface area contributed by atoms with Gasteiger partial charge in [0.2, 0.25) is 5.91 Å². The highest BCUT2D eigenvalue weighted by Crippen LogP contribution is 2.27. The number of benzene rings is 1. The number of rotatable bonds is 5. The van der Waals surface area contributed by atoms with E-state index in [0.717, 1.165) is 12.2 Å². The van der Waals surface area contributed by atoms with Gasteiger partial charge >= 0.3 is 0 Å². The van der Waals surface area contributed by atoms with E-state index in [1.807, 2.05) is 32.0 Å². The lowest BCUT2D eigenvalue weighted by Gasteiger charge is -2.21. The highest BCUT2D eigenvalue weighted by atomic mass is 16.5. The number of carbonyl (C=O) groups is 1. The molecule has 0 saturated heterocycles. The summed E-state index contributed by atoms with van der Waals surface area (Å²) in [5.74, 6) is 0.830. The van der Waals surface area contributed by atoms with Crippen LogP contribution in [0, 0.1) is 5.92 Å². The highest BCUT2D eigenvalue weighted by Gasteiger charge is 2.25. The van der Waals surface area contributed by atoms with Crippen molar-refractivity contribution < 1.29 is 9.53 Å². The number of amides is 1. The van der Waals surface area contributed by atoms with E-state index in [4.69, 9.17) is 10.5 Å². The Labute approximate surface area is 108 Å². The van der Waals surface area contributed by atoms with E-state index in [1.165, 1.54) is 5.56 Å². The van der Waals surface area contributed by atoms with Crippen molar-refractivity contribution in [2.24, 2.45) is 11.7 Å². The van der Waals surface area contributed by atoms with E-state index in [0.29, 0.717) is 6.54 Å². The molecular formula is C14H20N2O2. The average Bonchev–Trinajstić information content (AvgIpc) is 2.70. The highest BCUT2D eigenvalue weighted by molar-refractivity contribution is 5.80. The molecule has 1 amide bonds. The van der Waals surface area contributed by atoms with E-state index in [9.17, 15) is 4.79 Å². The first-order chi connectivity index (χ1) is 8.58. The second-order valence-corrected chi connectivity index (χ2v) is 5.08. The van der Waals surface area contributed by atoms with Gasteiger partial charge in [-0.05, 0) is 17.5 Å². The molecule has 3 N–H and O–H groups in total. The quantitative estimate of drug-likeness (QED) is 0.820. The summed E-state index contributed by atoms with van der Waals surface area (Å²) in [6, 6.07) is 7.73. The standard InChI is InChI=1S/C14H20N2O2/c1-9(2)13(14(15)17)16-8-11-7-10-5-3-4-6-12(10)18-11/h3-6,9,11,13,16H,7-8H2,1-2H3,(H2,15,17). The molecule has 1 aliphatic rings. The molecule has 0 bridgehead atoms. The van der Waals surface area contributed by atoms with Gasteiger partial charge < -0.3 is 15.8 Å². The van der Waals surface area contributed by atoms with E-state index < -0.39 is 0 Å². The first-order valence-electron chi connectivity index (χ1n) is 6.35. The van der Waals surface area contributed by atoms with Crippen molar-refractivity contribution in [3.63, 3.8) is 0 Å². The Bertz CT molecular complexity index is 407. The predicted octanol–water partition coefficient (Wildman–Crippen LogP) is 1.09. The Balaban J connectivity index is 1.88. The minimum absolute atomic E-state index is 0.0861. The molecule has 2 atom stereocenters. The summed E-state index contributed by atoms with van der Waals surface area (Å²) in [6.07, 6.45) is 0.968. The van der Waals surface area contributed by atoms with E-state index in [2.05, 4.69) is 11.4 Å². The summed E-state index contributed by atoms with van der Waals surface area (Å²) < 4.78 is 5.80. The number of ether oxygens (including phenoxy) is 1. The normalized spacial score (nSPS) is 19.4. The van der Waals surface area contributed by atoms with E-state index in [1.54, 1.807) is 0 Å². The molecule has 4 heteroatoms. The molecule has 1 aromatic carbocycles. The van der Waals surface area contributed by atoms with Crippen LogP contribution >= 0.6 is 0 Å². The van der Waals surface area contributed by atoms with Crippen LogP contribution in [0.25, 0.3) is 0 Å². The smallest absolute Gasteiger partial charge is 0.234 e. The largest absolute Gasteiger partial charge is 0.488 e. The molecule has 2 rings (SSSR count). The van der Waals surface area contributed by atoms with Crippen LogP contribution in [-0.4, -0.2) is 24.6 Å². The van der Waals surface area contributed by atoms with Gasteiger partial charge in [-0.15, -0.1) is 0 Å². The lowest BCUT2D eigenvalue weighted by Crippen LogP contribution is -2.48. The van der Waals surface area contributed by atoms with Crippen LogP contribution in [0.5, 0.6) is 5.75 Å². The molecule has 1 heterocycles. The van der Waals surface area contributed by atoms with Crippen LogP contribution in [0.1, 0.15) is 19.4 Å². The van der Waals surface area contributed by atoms with Crippen LogP contribution in [0.3, 0.4) is 0 Å². The summed E-state index contributed by atoms with van der Waals surface area (Å²) >= 11 is 0. The summed E-state index contributed by atoms with van der Waals surface area (Å²) in [7, 11) is 0. The predicted molar refractivity (Wildman–Crippen MR) is 70.4 cm³/mol. The first-order valence-corrected chi connectivity index (χ1v) is 6.35. The van der Waals surface area contributed by atoms with E-state index >= 15 is 0 Å². The molecule has 98 valence electrons. The van der Waals surface area contributed by atoms with Gasteiger partial charge in [-0.1, -0.05) is 32.0 Å². The zero-order valence-electron chi connectivity index (χ0n) is 10.8. The molecule has 0 spiro atoms. The van der Waals surface area contributed by atoms with Gasteiger partial charge in [0.25, 0.3) is 0 Å². The van der Waals surface area contributed by atoms with Crippen LogP contribution in [0.2, 0.25) is 0 Å². The molecule has 0 aliphatic carbocycles. The number of para-hydroxylation sites is 1. The minimum Gasteiger partial charge on any atom is -0.488 e. The maximum atomic E-state index is 11.3. The lowest BCUT2D eigenvalue weighted by molar-refractivity contribution is -0.121. The summed E-state index contributed by atoms with van der Waals surface area (Å²) in [5, 5.41) is 3.20. The average molecular weight is 248 g/mol. The molecule has 0 aromatic heterocycles. The van der Waals surface area contributed by atoms with Gasteiger partial charge in [0.15, 0.2) is 0 Å². The van der Waals surface area contributed by atoms with Gasteiger partial charge in [0, 0.05) is 13.0 Å². The SMILES string of the molecule is CC(C)C(NCC1Cc2ccccc2O1)C(N)=O. The Hall–Kier alpha value is -1.55. The first kappa shape index (κ1) is 12.9. The molecule has 18 heavy (non-hydrogen) atoms. The van der Waals surface area contributed by atoms with Crippen LogP contribution in [-0.2, 0) is 11.2 Å². The van der Waals surface area contributed by atoms with Crippen LogP contribution in [0.4, 0.5) is 0 Å². The summed E-state index contributed by atoms with van der Waals surface area (Å²) in [4.78, 5) is 11.3. The number of primary amides is 1. The number of carbonyl (C=O) groups excluding carboxylic acids is 1. The molecule has 1 aliphatic heterocycles. The summed E-state index contributed by atoms with van der Waals surface area (Å²) in [6.45, 7) is 4.60. The maximum absolute atomic E-state index is 11.3. The monoisotopic (exact) mass is 248 g/mol. The lowest BCUT2D eigenvalue weighted by atomic mass is 10.0. The number of hydrogen-bond acceptors (Lipinski definition) is 3. The van der Waals surface area contributed by atoms with Crippen LogP contribution < -0.4 is 15.8 Å². The third-order valence-electron chi connectivity index (χ3n) is 3.25. The van der Waals surface area contributed by atoms with Crippen molar-refractivity contribution in [2.45, 2.75) is 32.4 Å². The van der Waals surface area contributed by atoms with Gasteiger partial charge in [-0.2, -0.15) is 0 Å². The minimum atomic E-state index is -0.305. The second kappa shape index (κ2) is 5.40. The fourth-order valence-electron chi connectivity index (χ4n) is 2.29. The number of nitrogens with one attached hydrogen (secondary N) is 1. The second-order valence-electron chi connectivity index (χ2n) is 5.08. The van der Waals surface area contributed by atoms with Crippen molar-refractivity contribution >= 4 is 5.91 Å². The Morgan fingerprint density at radius 1 is 1.50 bits per heavy atom. The maximum Gasteiger partial charge on any atom is 0.234 e. The zero-order chi connectivity index (χ0) is 13.1. The summed E-state index contributed by atoms with van der Waals surface area (Å²) in [5.41, 5.74) is 6.59. The van der Waals surface area contributed by atoms with Crippen molar-refractivity contribution in [2.75, 3.05) is 6.54 Å². The number of nitrogens with two attached hydrogens (primary N) is 1. The molecule has 2 unspecified atom stereocenters. The van der Waals surface area contributed by atoms with Gasteiger partial charge in [0.1, 0.15) is 11.9 Å². The van der Waals surface area contributed by atoms with Crippen molar-refractivity contribution in [3.8, 4) is 5.75 Å². The third kappa shape index (κ3) is 2.82. The molecule has 0 saturated carbocycles.